The van der Waals surface area contributed by atoms with E-state index in [1.165, 1.54) is 12.1 Å². The van der Waals surface area contributed by atoms with E-state index >= 15 is 0 Å². The molecule has 2 rings (SSSR count). The van der Waals surface area contributed by atoms with Crippen LogP contribution in [-0.2, 0) is 4.79 Å². The Morgan fingerprint density at radius 2 is 2.05 bits per heavy atom. The summed E-state index contributed by atoms with van der Waals surface area (Å²) >= 11 is 0. The zero-order chi connectivity index (χ0) is 14.0. The molecule has 0 aromatic heterocycles. The van der Waals surface area contributed by atoms with Crippen molar-refractivity contribution in [1.29, 1.82) is 0 Å². The van der Waals surface area contributed by atoms with E-state index in [0.29, 0.717) is 5.69 Å². The first kappa shape index (κ1) is 13.7. The number of hydrogen-bond donors (Lipinski definition) is 4. The molecule has 7 heteroatoms. The third-order valence-corrected chi connectivity index (χ3v) is 2.99. The summed E-state index contributed by atoms with van der Waals surface area (Å²) in [6, 6.07) is 3.71. The molecular weight excluding hydrogens is 253 g/mol. The van der Waals surface area contributed by atoms with E-state index in [-0.39, 0.29) is 31.2 Å². The molecule has 1 amide bonds. The summed E-state index contributed by atoms with van der Waals surface area (Å²) in [6.45, 7) is 0.520. The average Bonchev–Trinajstić information content (AvgIpc) is 2.62. The zero-order valence-electron chi connectivity index (χ0n) is 10.2. The van der Waals surface area contributed by atoms with E-state index < -0.39 is 18.0 Å². The Labute approximate surface area is 109 Å². The lowest BCUT2D eigenvalue weighted by Gasteiger charge is -2.15. The van der Waals surface area contributed by atoms with Gasteiger partial charge in [0.05, 0.1) is 30.1 Å². The SMILES string of the molecule is Nc1cc(F)ccc1NC(=O)CN1CC(O)C(O)C1. The third kappa shape index (κ3) is 3.40. The number of nitrogens with two attached hydrogens (primary N) is 1. The molecule has 1 aliphatic rings. The fraction of sp³-hybridized carbons (Fsp3) is 0.417. The monoisotopic (exact) mass is 269 g/mol. The smallest absolute Gasteiger partial charge is 0.238 e. The van der Waals surface area contributed by atoms with Crippen LogP contribution in [0, 0.1) is 5.82 Å². The Morgan fingerprint density at radius 3 is 2.63 bits per heavy atom. The maximum Gasteiger partial charge on any atom is 0.238 e. The number of anilines is 2. The predicted octanol–water partition coefficient (Wildman–Crippen LogP) is -0.616. The molecular formula is C12H16FN3O3. The topological polar surface area (TPSA) is 98.8 Å². The molecule has 0 radical (unpaired) electrons. The van der Waals surface area contributed by atoms with Crippen LogP contribution in [0.1, 0.15) is 0 Å². The van der Waals surface area contributed by atoms with Crippen LogP contribution in [0.15, 0.2) is 18.2 Å². The van der Waals surface area contributed by atoms with Crippen molar-refractivity contribution >= 4 is 17.3 Å². The van der Waals surface area contributed by atoms with Gasteiger partial charge < -0.3 is 21.3 Å². The maximum absolute atomic E-state index is 12.8. The second kappa shape index (κ2) is 5.52. The van der Waals surface area contributed by atoms with Gasteiger partial charge in [0.25, 0.3) is 0 Å². The first-order valence-corrected chi connectivity index (χ1v) is 5.89. The van der Waals surface area contributed by atoms with Crippen LogP contribution in [-0.4, -0.2) is 52.9 Å². The molecule has 1 aliphatic heterocycles. The minimum Gasteiger partial charge on any atom is -0.397 e. The van der Waals surface area contributed by atoms with E-state index in [1.807, 2.05) is 0 Å². The fourth-order valence-corrected chi connectivity index (χ4v) is 2.02. The van der Waals surface area contributed by atoms with Gasteiger partial charge in [-0.1, -0.05) is 0 Å². The van der Waals surface area contributed by atoms with Crippen molar-refractivity contribution in [2.75, 3.05) is 30.7 Å². The number of amides is 1. The highest BCUT2D eigenvalue weighted by Gasteiger charge is 2.30. The summed E-state index contributed by atoms with van der Waals surface area (Å²) in [4.78, 5) is 13.4. The second-order valence-electron chi connectivity index (χ2n) is 4.61. The van der Waals surface area contributed by atoms with Crippen LogP contribution in [0.3, 0.4) is 0 Å². The predicted molar refractivity (Wildman–Crippen MR) is 67.9 cm³/mol. The van der Waals surface area contributed by atoms with Crippen molar-refractivity contribution in [3.05, 3.63) is 24.0 Å². The number of aliphatic hydroxyl groups is 2. The van der Waals surface area contributed by atoms with Gasteiger partial charge in [0, 0.05) is 13.1 Å². The highest BCUT2D eigenvalue weighted by atomic mass is 19.1. The molecule has 2 unspecified atom stereocenters. The normalized spacial score (nSPS) is 23.5. The van der Waals surface area contributed by atoms with Crippen LogP contribution < -0.4 is 11.1 Å². The third-order valence-electron chi connectivity index (χ3n) is 2.99. The molecule has 0 aliphatic carbocycles. The number of hydrogen-bond acceptors (Lipinski definition) is 5. The van der Waals surface area contributed by atoms with Gasteiger partial charge in [-0.25, -0.2) is 4.39 Å². The number of rotatable bonds is 3. The van der Waals surface area contributed by atoms with Crippen LogP contribution in [0.2, 0.25) is 0 Å². The Morgan fingerprint density at radius 1 is 1.42 bits per heavy atom. The van der Waals surface area contributed by atoms with Gasteiger partial charge in [0.15, 0.2) is 0 Å². The van der Waals surface area contributed by atoms with Crippen molar-refractivity contribution in [3.63, 3.8) is 0 Å². The number of carbonyl (C=O) groups excluding carboxylic acids is 1. The number of benzene rings is 1. The maximum atomic E-state index is 12.8. The lowest BCUT2D eigenvalue weighted by atomic mass is 10.2. The van der Waals surface area contributed by atoms with Crippen molar-refractivity contribution < 1.29 is 19.4 Å². The molecule has 1 aromatic carbocycles. The van der Waals surface area contributed by atoms with E-state index in [1.54, 1.807) is 4.90 Å². The van der Waals surface area contributed by atoms with E-state index in [4.69, 9.17) is 5.73 Å². The van der Waals surface area contributed by atoms with Crippen LogP contribution in [0.5, 0.6) is 0 Å². The lowest BCUT2D eigenvalue weighted by Crippen LogP contribution is -2.32. The number of nitrogens with one attached hydrogen (secondary N) is 1. The average molecular weight is 269 g/mol. The summed E-state index contributed by atoms with van der Waals surface area (Å²) < 4.78 is 12.8. The minimum atomic E-state index is -0.830. The molecule has 1 saturated heterocycles. The van der Waals surface area contributed by atoms with Crippen LogP contribution in [0.25, 0.3) is 0 Å². The fourth-order valence-electron chi connectivity index (χ4n) is 2.02. The molecule has 19 heavy (non-hydrogen) atoms. The van der Waals surface area contributed by atoms with Crippen molar-refractivity contribution in [2.24, 2.45) is 0 Å². The number of nitrogen functional groups attached to an aromatic ring is 1. The van der Waals surface area contributed by atoms with E-state index in [0.717, 1.165) is 6.07 Å². The molecule has 0 saturated carbocycles. The van der Waals surface area contributed by atoms with Gasteiger partial charge in [0.2, 0.25) is 5.91 Å². The number of nitrogens with zero attached hydrogens (tertiary/aromatic N) is 1. The van der Waals surface area contributed by atoms with Gasteiger partial charge in [-0.15, -0.1) is 0 Å². The van der Waals surface area contributed by atoms with Crippen molar-refractivity contribution in [2.45, 2.75) is 12.2 Å². The zero-order valence-corrected chi connectivity index (χ0v) is 10.2. The highest BCUT2D eigenvalue weighted by Crippen LogP contribution is 2.19. The minimum absolute atomic E-state index is 0.0327. The number of aliphatic hydroxyl groups excluding tert-OH is 2. The van der Waals surface area contributed by atoms with Crippen LogP contribution in [0.4, 0.5) is 15.8 Å². The molecule has 5 N–H and O–H groups in total. The first-order valence-electron chi connectivity index (χ1n) is 5.89. The standard InChI is InChI=1S/C12H16FN3O3/c13-7-1-2-9(8(14)3-7)15-12(19)6-16-4-10(17)11(18)5-16/h1-3,10-11,17-18H,4-6,14H2,(H,15,19). The Bertz CT molecular complexity index is 473. The largest absolute Gasteiger partial charge is 0.397 e. The summed E-state index contributed by atoms with van der Waals surface area (Å²) in [6.07, 6.45) is -1.66. The molecule has 1 aromatic rings. The van der Waals surface area contributed by atoms with Gasteiger partial charge in [0.1, 0.15) is 5.82 Å². The van der Waals surface area contributed by atoms with Gasteiger partial charge in [-0.05, 0) is 18.2 Å². The quantitative estimate of drug-likeness (QED) is 0.548. The molecule has 1 fully saturated rings. The van der Waals surface area contributed by atoms with Crippen LogP contribution >= 0.6 is 0 Å². The number of halogens is 1. The Balaban J connectivity index is 1.91. The molecule has 1 heterocycles. The summed E-state index contributed by atoms with van der Waals surface area (Å²) in [5.41, 5.74) is 6.06. The van der Waals surface area contributed by atoms with Crippen molar-refractivity contribution in [1.82, 2.24) is 4.90 Å². The van der Waals surface area contributed by atoms with Gasteiger partial charge in [-0.3, -0.25) is 9.69 Å². The molecule has 0 spiro atoms. The Hall–Kier alpha value is -1.70. The molecule has 0 bridgehead atoms. The number of β-amino-alcohol motifs (C(OH)–C–C–N with tert-alkyl or cyclic N) is 2. The lowest BCUT2D eigenvalue weighted by molar-refractivity contribution is -0.117. The van der Waals surface area contributed by atoms with Crippen molar-refractivity contribution in [3.8, 4) is 0 Å². The summed E-state index contributed by atoms with van der Waals surface area (Å²) in [5, 5.41) is 21.3. The summed E-state index contributed by atoms with van der Waals surface area (Å²) in [7, 11) is 0. The van der Waals surface area contributed by atoms with Gasteiger partial charge >= 0.3 is 0 Å². The van der Waals surface area contributed by atoms with Gasteiger partial charge in [-0.2, -0.15) is 0 Å². The number of carbonyl (C=O) groups is 1. The first-order chi connectivity index (χ1) is 8.95. The molecule has 104 valence electrons. The van der Waals surface area contributed by atoms with E-state index in [2.05, 4.69) is 5.32 Å². The van der Waals surface area contributed by atoms with E-state index in [9.17, 15) is 19.4 Å². The molecule has 6 nitrogen and oxygen atoms in total. The number of likely N-dealkylation sites (tertiary alicyclic amines) is 1. The molecule has 2 atom stereocenters. The highest BCUT2D eigenvalue weighted by molar-refractivity contribution is 5.95. The second-order valence-corrected chi connectivity index (χ2v) is 4.61. The summed E-state index contributed by atoms with van der Waals surface area (Å²) in [5.74, 6) is -0.805. The Kier molecular flexibility index (Phi) is 3.98.